The minimum atomic E-state index is -3.66. The van der Waals surface area contributed by atoms with Gasteiger partial charge in [-0.3, -0.25) is 4.18 Å². The fraction of sp³-hybridized carbons (Fsp3) is 0.500. The second kappa shape index (κ2) is 7.42. The lowest BCUT2D eigenvalue weighted by atomic mass is 10.2. The van der Waals surface area contributed by atoms with Crippen LogP contribution >= 0.6 is 0 Å². The fourth-order valence-electron chi connectivity index (χ4n) is 1.46. The molecule has 0 fully saturated rings. The summed E-state index contributed by atoms with van der Waals surface area (Å²) < 4.78 is 33.2. The summed E-state index contributed by atoms with van der Waals surface area (Å²) in [7, 11) is -3.66. The largest absolute Gasteiger partial charge is 0.444 e. The number of carbonyl (C=O) groups is 1. The molecule has 21 heavy (non-hydrogen) atoms. The molecule has 1 amide bonds. The molecule has 1 aromatic rings. The highest BCUT2D eigenvalue weighted by Crippen LogP contribution is 2.07. The maximum Gasteiger partial charge on any atom is 0.407 e. The molecule has 0 saturated carbocycles. The van der Waals surface area contributed by atoms with Crippen LogP contribution in [0, 0.1) is 0 Å². The minimum absolute atomic E-state index is 0.0585. The Morgan fingerprint density at radius 2 is 1.81 bits per heavy atom. The van der Waals surface area contributed by atoms with Crippen molar-refractivity contribution < 1.29 is 22.1 Å². The highest BCUT2D eigenvalue weighted by molar-refractivity contribution is 7.85. The SMILES string of the molecule is CC(C)(C)OC(=O)NCCOS(=O)(=O)Cc1ccccc1. The molecule has 1 aromatic carbocycles. The zero-order valence-corrected chi connectivity index (χ0v) is 13.3. The third kappa shape index (κ3) is 8.31. The van der Waals surface area contributed by atoms with Gasteiger partial charge in [-0.1, -0.05) is 30.3 Å². The van der Waals surface area contributed by atoms with Gasteiger partial charge in [-0.2, -0.15) is 8.42 Å². The van der Waals surface area contributed by atoms with Crippen LogP contribution in [-0.4, -0.2) is 33.3 Å². The average Bonchev–Trinajstić information content (AvgIpc) is 2.33. The Kier molecular flexibility index (Phi) is 6.17. The Labute approximate surface area is 125 Å². The molecule has 0 aliphatic rings. The van der Waals surface area contributed by atoms with Gasteiger partial charge in [-0.25, -0.2) is 4.79 Å². The first-order valence-corrected chi connectivity index (χ1v) is 8.13. The van der Waals surface area contributed by atoms with E-state index in [1.54, 1.807) is 45.0 Å². The standard InChI is InChI=1S/C14H21NO5S/c1-14(2,3)20-13(16)15-9-10-19-21(17,18)11-12-7-5-4-6-8-12/h4-8H,9-11H2,1-3H3,(H,15,16). The molecule has 0 aliphatic heterocycles. The highest BCUT2D eigenvalue weighted by Gasteiger charge is 2.16. The van der Waals surface area contributed by atoms with E-state index < -0.39 is 21.8 Å². The molecule has 7 heteroatoms. The van der Waals surface area contributed by atoms with Crippen LogP contribution in [-0.2, 0) is 24.8 Å². The van der Waals surface area contributed by atoms with Crippen molar-refractivity contribution in [1.82, 2.24) is 5.32 Å². The molecule has 0 radical (unpaired) electrons. The van der Waals surface area contributed by atoms with Gasteiger partial charge in [0.25, 0.3) is 10.1 Å². The zero-order valence-electron chi connectivity index (χ0n) is 12.5. The molecule has 0 heterocycles. The Morgan fingerprint density at radius 1 is 1.19 bits per heavy atom. The Balaban J connectivity index is 2.30. The van der Waals surface area contributed by atoms with Crippen LogP contribution in [0.3, 0.4) is 0 Å². The van der Waals surface area contributed by atoms with E-state index in [9.17, 15) is 13.2 Å². The van der Waals surface area contributed by atoms with Crippen LogP contribution in [0.2, 0.25) is 0 Å². The lowest BCUT2D eigenvalue weighted by Gasteiger charge is -2.19. The van der Waals surface area contributed by atoms with Crippen molar-refractivity contribution in [2.45, 2.75) is 32.1 Å². The summed E-state index contributed by atoms with van der Waals surface area (Å²) >= 11 is 0. The lowest BCUT2D eigenvalue weighted by Crippen LogP contribution is -2.34. The van der Waals surface area contributed by atoms with Crippen LogP contribution in [0.15, 0.2) is 30.3 Å². The molecule has 6 nitrogen and oxygen atoms in total. The van der Waals surface area contributed by atoms with Gasteiger partial charge in [0.1, 0.15) is 11.4 Å². The number of benzene rings is 1. The molecule has 0 aromatic heterocycles. The summed E-state index contributed by atoms with van der Waals surface area (Å²) in [5.41, 5.74) is 0.0576. The maximum absolute atomic E-state index is 11.7. The van der Waals surface area contributed by atoms with Crippen molar-refractivity contribution in [2.24, 2.45) is 0 Å². The van der Waals surface area contributed by atoms with E-state index in [2.05, 4.69) is 5.32 Å². The third-order valence-corrected chi connectivity index (χ3v) is 3.43. The van der Waals surface area contributed by atoms with Crippen molar-refractivity contribution in [3.05, 3.63) is 35.9 Å². The number of amides is 1. The topological polar surface area (TPSA) is 81.7 Å². The minimum Gasteiger partial charge on any atom is -0.444 e. The van der Waals surface area contributed by atoms with Crippen LogP contribution in [0.25, 0.3) is 0 Å². The molecule has 0 saturated heterocycles. The van der Waals surface area contributed by atoms with Crippen LogP contribution in [0.1, 0.15) is 26.3 Å². The molecular formula is C14H21NO5S. The number of rotatable bonds is 6. The van der Waals surface area contributed by atoms with E-state index in [0.717, 1.165) is 0 Å². The predicted octanol–water partition coefficient (Wildman–Crippen LogP) is 2.06. The van der Waals surface area contributed by atoms with E-state index in [1.807, 2.05) is 6.07 Å². The van der Waals surface area contributed by atoms with Gasteiger partial charge in [-0.15, -0.1) is 0 Å². The normalized spacial score (nSPS) is 12.0. The summed E-state index contributed by atoms with van der Waals surface area (Å²) in [5.74, 6) is -0.194. The molecule has 0 atom stereocenters. The Morgan fingerprint density at radius 3 is 2.38 bits per heavy atom. The third-order valence-electron chi connectivity index (χ3n) is 2.22. The van der Waals surface area contributed by atoms with Gasteiger partial charge in [-0.05, 0) is 26.3 Å². The molecule has 0 unspecified atom stereocenters. The summed E-state index contributed by atoms with van der Waals surface area (Å²) in [6.07, 6.45) is -0.605. The summed E-state index contributed by atoms with van der Waals surface area (Å²) in [6.45, 7) is 5.16. The molecule has 0 aliphatic carbocycles. The van der Waals surface area contributed by atoms with Gasteiger partial charge < -0.3 is 10.1 Å². The van der Waals surface area contributed by atoms with Crippen molar-refractivity contribution in [3.63, 3.8) is 0 Å². The van der Waals surface area contributed by atoms with Crippen molar-refractivity contribution in [3.8, 4) is 0 Å². The molecule has 0 bridgehead atoms. The quantitative estimate of drug-likeness (QED) is 0.642. The second-order valence-electron chi connectivity index (χ2n) is 5.44. The number of alkyl carbamates (subject to hydrolysis) is 1. The van der Waals surface area contributed by atoms with Crippen molar-refractivity contribution in [1.29, 1.82) is 0 Å². The van der Waals surface area contributed by atoms with E-state index in [-0.39, 0.29) is 18.9 Å². The van der Waals surface area contributed by atoms with E-state index in [0.29, 0.717) is 5.56 Å². The second-order valence-corrected chi connectivity index (χ2v) is 7.08. The summed E-state index contributed by atoms with van der Waals surface area (Å²) in [5, 5.41) is 2.43. The first kappa shape index (κ1) is 17.5. The van der Waals surface area contributed by atoms with E-state index >= 15 is 0 Å². The van der Waals surface area contributed by atoms with Crippen molar-refractivity contribution in [2.75, 3.05) is 13.2 Å². The smallest absolute Gasteiger partial charge is 0.407 e. The summed E-state index contributed by atoms with van der Waals surface area (Å²) in [4.78, 5) is 11.3. The average molecular weight is 315 g/mol. The number of hydrogen-bond acceptors (Lipinski definition) is 5. The summed E-state index contributed by atoms with van der Waals surface area (Å²) in [6, 6.07) is 8.74. The van der Waals surface area contributed by atoms with Gasteiger partial charge in [0.05, 0.1) is 6.61 Å². The van der Waals surface area contributed by atoms with Gasteiger partial charge in [0.2, 0.25) is 0 Å². The fourth-order valence-corrected chi connectivity index (χ4v) is 2.48. The first-order valence-electron chi connectivity index (χ1n) is 6.56. The molecule has 1 N–H and O–H groups in total. The molecule has 1 rings (SSSR count). The monoisotopic (exact) mass is 315 g/mol. The zero-order chi connectivity index (χ0) is 15.9. The highest BCUT2D eigenvalue weighted by atomic mass is 32.2. The number of nitrogens with one attached hydrogen (secondary N) is 1. The van der Waals surface area contributed by atoms with Crippen LogP contribution in [0.4, 0.5) is 4.79 Å². The number of carbonyl (C=O) groups excluding carboxylic acids is 1. The van der Waals surface area contributed by atoms with Gasteiger partial charge in [0.15, 0.2) is 0 Å². The van der Waals surface area contributed by atoms with Crippen LogP contribution in [0.5, 0.6) is 0 Å². The number of ether oxygens (including phenoxy) is 1. The van der Waals surface area contributed by atoms with Crippen LogP contribution < -0.4 is 5.32 Å². The maximum atomic E-state index is 11.7. The molecular weight excluding hydrogens is 294 g/mol. The molecule has 118 valence electrons. The Hall–Kier alpha value is -1.60. The predicted molar refractivity (Wildman–Crippen MR) is 79.3 cm³/mol. The van der Waals surface area contributed by atoms with Crippen molar-refractivity contribution >= 4 is 16.2 Å². The van der Waals surface area contributed by atoms with Gasteiger partial charge in [0, 0.05) is 6.54 Å². The first-order chi connectivity index (χ1) is 9.68. The van der Waals surface area contributed by atoms with E-state index in [4.69, 9.17) is 8.92 Å². The Bertz CT molecular complexity index is 548. The van der Waals surface area contributed by atoms with Gasteiger partial charge >= 0.3 is 6.09 Å². The van der Waals surface area contributed by atoms with E-state index in [1.165, 1.54) is 0 Å². The molecule has 0 spiro atoms. The number of hydrogen-bond donors (Lipinski definition) is 1. The lowest BCUT2D eigenvalue weighted by molar-refractivity contribution is 0.0520.